The number of halogens is 2. The molecule has 1 N–H and O–H groups in total. The predicted molar refractivity (Wildman–Crippen MR) is 75.3 cm³/mol. The van der Waals surface area contributed by atoms with Gasteiger partial charge in [0.25, 0.3) is 0 Å². The summed E-state index contributed by atoms with van der Waals surface area (Å²) in [7, 11) is 1.93. The van der Waals surface area contributed by atoms with Gasteiger partial charge in [-0.3, -0.25) is 4.68 Å². The summed E-state index contributed by atoms with van der Waals surface area (Å²) in [5, 5.41) is 8.82. The maximum Gasteiger partial charge on any atom is 0.0674 e. The Balaban J connectivity index is 2.16. The molecule has 1 atom stereocenters. The van der Waals surface area contributed by atoms with E-state index in [1.54, 1.807) is 6.07 Å². The number of aromatic nitrogens is 2. The van der Waals surface area contributed by atoms with Gasteiger partial charge in [-0.2, -0.15) is 5.10 Å². The van der Waals surface area contributed by atoms with Crippen molar-refractivity contribution in [1.82, 2.24) is 15.1 Å². The summed E-state index contributed by atoms with van der Waals surface area (Å²) < 4.78 is 1.87. The zero-order valence-corrected chi connectivity index (χ0v) is 11.8. The Kier molecular flexibility index (Phi) is 4.27. The van der Waals surface area contributed by atoms with Crippen molar-refractivity contribution in [2.24, 2.45) is 0 Å². The van der Waals surface area contributed by atoms with Crippen LogP contribution < -0.4 is 5.32 Å². The molecule has 18 heavy (non-hydrogen) atoms. The van der Waals surface area contributed by atoms with Crippen LogP contribution >= 0.6 is 23.2 Å². The monoisotopic (exact) mass is 283 g/mol. The van der Waals surface area contributed by atoms with Gasteiger partial charge in [0.1, 0.15) is 0 Å². The van der Waals surface area contributed by atoms with Crippen molar-refractivity contribution in [2.45, 2.75) is 19.5 Å². The zero-order valence-electron chi connectivity index (χ0n) is 10.3. The lowest BCUT2D eigenvalue weighted by molar-refractivity contribution is 0.646. The fourth-order valence-electron chi connectivity index (χ4n) is 1.68. The van der Waals surface area contributed by atoms with E-state index in [-0.39, 0.29) is 0 Å². The minimum Gasteiger partial charge on any atom is -0.313 e. The van der Waals surface area contributed by atoms with Crippen molar-refractivity contribution in [2.75, 3.05) is 7.05 Å². The summed E-state index contributed by atoms with van der Waals surface area (Å²) in [6.45, 7) is 2.74. The summed E-state index contributed by atoms with van der Waals surface area (Å²) in [6.07, 6.45) is 3.89. The Labute approximate surface area is 117 Å². The number of rotatable bonds is 4. The summed E-state index contributed by atoms with van der Waals surface area (Å²) >= 11 is 12.0. The van der Waals surface area contributed by atoms with E-state index in [0.29, 0.717) is 22.6 Å². The molecular weight excluding hydrogens is 269 g/mol. The molecule has 2 aromatic rings. The number of hydrogen-bond donors (Lipinski definition) is 1. The Morgan fingerprint density at radius 1 is 1.39 bits per heavy atom. The van der Waals surface area contributed by atoms with Crippen molar-refractivity contribution >= 4 is 23.2 Å². The van der Waals surface area contributed by atoms with Gasteiger partial charge >= 0.3 is 0 Å². The maximum absolute atomic E-state index is 6.14. The fraction of sp³-hybridized carbons (Fsp3) is 0.308. The highest BCUT2D eigenvalue weighted by atomic mass is 35.5. The van der Waals surface area contributed by atoms with Gasteiger partial charge in [-0.15, -0.1) is 0 Å². The van der Waals surface area contributed by atoms with E-state index in [1.165, 1.54) is 0 Å². The molecule has 0 fully saturated rings. The van der Waals surface area contributed by atoms with Gasteiger partial charge in [-0.1, -0.05) is 29.3 Å². The van der Waals surface area contributed by atoms with E-state index in [4.69, 9.17) is 23.2 Å². The first-order chi connectivity index (χ1) is 8.60. The molecule has 1 aromatic carbocycles. The molecule has 0 radical (unpaired) electrons. The van der Waals surface area contributed by atoms with E-state index >= 15 is 0 Å². The molecule has 96 valence electrons. The topological polar surface area (TPSA) is 29.9 Å². The molecule has 0 aliphatic carbocycles. The summed E-state index contributed by atoms with van der Waals surface area (Å²) in [4.78, 5) is 0. The lowest BCUT2D eigenvalue weighted by atomic mass is 10.2. The maximum atomic E-state index is 6.14. The largest absolute Gasteiger partial charge is 0.313 e. The molecule has 0 saturated heterocycles. The van der Waals surface area contributed by atoms with Gasteiger partial charge in [0.05, 0.1) is 12.7 Å². The minimum atomic E-state index is 0.291. The predicted octanol–water partition coefficient (Wildman–Crippen LogP) is 3.52. The molecule has 0 bridgehead atoms. The molecule has 3 nitrogen and oxygen atoms in total. The average Bonchev–Trinajstić information content (AvgIpc) is 2.80. The highest BCUT2D eigenvalue weighted by Gasteiger charge is 2.07. The lowest BCUT2D eigenvalue weighted by Gasteiger charge is -2.07. The van der Waals surface area contributed by atoms with Gasteiger partial charge in [-0.05, 0) is 31.7 Å². The van der Waals surface area contributed by atoms with Crippen LogP contribution in [-0.2, 0) is 6.54 Å². The Morgan fingerprint density at radius 2 is 2.17 bits per heavy atom. The first kappa shape index (κ1) is 13.4. The quantitative estimate of drug-likeness (QED) is 0.931. The smallest absolute Gasteiger partial charge is 0.0674 e. The molecular formula is C13H15Cl2N3. The van der Waals surface area contributed by atoms with Crippen LogP contribution in [0.1, 0.15) is 24.1 Å². The zero-order chi connectivity index (χ0) is 13.1. The first-order valence-corrected chi connectivity index (χ1v) is 6.49. The highest BCUT2D eigenvalue weighted by molar-refractivity contribution is 6.35. The molecule has 0 amide bonds. The van der Waals surface area contributed by atoms with Crippen molar-refractivity contribution < 1.29 is 0 Å². The van der Waals surface area contributed by atoms with Gasteiger partial charge in [0, 0.05) is 27.8 Å². The third kappa shape index (κ3) is 3.05. The Morgan fingerprint density at radius 3 is 2.83 bits per heavy atom. The van der Waals surface area contributed by atoms with Crippen LogP contribution in [0.3, 0.4) is 0 Å². The van der Waals surface area contributed by atoms with E-state index in [9.17, 15) is 0 Å². The van der Waals surface area contributed by atoms with Gasteiger partial charge in [0.2, 0.25) is 0 Å². The molecule has 1 heterocycles. The van der Waals surface area contributed by atoms with Crippen molar-refractivity contribution in [1.29, 1.82) is 0 Å². The molecule has 1 unspecified atom stereocenters. The summed E-state index contributed by atoms with van der Waals surface area (Å²) in [5.41, 5.74) is 2.16. The van der Waals surface area contributed by atoms with Crippen LogP contribution in [-0.4, -0.2) is 16.8 Å². The number of nitrogens with one attached hydrogen (secondary N) is 1. The molecule has 0 aliphatic rings. The van der Waals surface area contributed by atoms with E-state index in [0.717, 1.165) is 11.1 Å². The molecule has 2 rings (SSSR count). The Bertz CT molecular complexity index is 537. The second-order valence-electron chi connectivity index (χ2n) is 4.22. The number of hydrogen-bond acceptors (Lipinski definition) is 2. The Hall–Kier alpha value is -1.03. The van der Waals surface area contributed by atoms with E-state index in [1.807, 2.05) is 36.3 Å². The highest BCUT2D eigenvalue weighted by Crippen LogP contribution is 2.22. The minimum absolute atomic E-state index is 0.291. The van der Waals surface area contributed by atoms with Crippen molar-refractivity contribution in [3.05, 3.63) is 51.8 Å². The third-order valence-corrected chi connectivity index (χ3v) is 3.52. The normalized spacial score (nSPS) is 12.7. The summed E-state index contributed by atoms with van der Waals surface area (Å²) in [6, 6.07) is 5.80. The second kappa shape index (κ2) is 5.74. The van der Waals surface area contributed by atoms with Crippen LogP contribution in [0.4, 0.5) is 0 Å². The van der Waals surface area contributed by atoms with Gasteiger partial charge in [0.15, 0.2) is 0 Å². The fourth-order valence-corrected chi connectivity index (χ4v) is 2.15. The molecule has 0 aliphatic heterocycles. The van der Waals surface area contributed by atoms with Crippen LogP contribution in [0, 0.1) is 0 Å². The van der Waals surface area contributed by atoms with Gasteiger partial charge < -0.3 is 5.32 Å². The van der Waals surface area contributed by atoms with Crippen molar-refractivity contribution in [3.63, 3.8) is 0 Å². The van der Waals surface area contributed by atoms with Crippen LogP contribution in [0.25, 0.3) is 0 Å². The SMILES string of the molecule is CNC(C)c1cnn(Cc2ccc(Cl)cc2Cl)c1. The molecule has 5 heteroatoms. The van der Waals surface area contributed by atoms with E-state index in [2.05, 4.69) is 17.3 Å². The number of nitrogens with zero attached hydrogens (tertiary/aromatic N) is 2. The molecule has 0 saturated carbocycles. The van der Waals surface area contributed by atoms with Crippen LogP contribution in [0.15, 0.2) is 30.6 Å². The second-order valence-corrected chi connectivity index (χ2v) is 5.06. The van der Waals surface area contributed by atoms with Crippen LogP contribution in [0.5, 0.6) is 0 Å². The standard InChI is InChI=1S/C13H15Cl2N3/c1-9(16-2)11-6-17-18(8-11)7-10-3-4-12(14)5-13(10)15/h3-6,8-9,16H,7H2,1-2H3. The number of benzene rings is 1. The van der Waals surface area contributed by atoms with Crippen LogP contribution in [0.2, 0.25) is 10.0 Å². The van der Waals surface area contributed by atoms with Gasteiger partial charge in [-0.25, -0.2) is 0 Å². The molecule has 1 aromatic heterocycles. The summed E-state index contributed by atoms with van der Waals surface area (Å²) in [5.74, 6) is 0. The van der Waals surface area contributed by atoms with Crippen molar-refractivity contribution in [3.8, 4) is 0 Å². The van der Waals surface area contributed by atoms with E-state index < -0.39 is 0 Å². The first-order valence-electron chi connectivity index (χ1n) is 5.73. The lowest BCUT2D eigenvalue weighted by Crippen LogP contribution is -2.11. The molecule has 0 spiro atoms. The average molecular weight is 284 g/mol. The third-order valence-electron chi connectivity index (χ3n) is 2.93.